The highest BCUT2D eigenvalue weighted by Gasteiger charge is 2.24. The Morgan fingerprint density at radius 2 is 1.70 bits per heavy atom. The number of para-hydroxylation sites is 1. The molecule has 138 valence electrons. The van der Waals surface area contributed by atoms with Crippen LogP contribution in [0.25, 0.3) is 10.6 Å². The van der Waals surface area contributed by atoms with Gasteiger partial charge < -0.3 is 14.5 Å². The second-order valence-corrected chi connectivity index (χ2v) is 7.24. The molecule has 0 unspecified atom stereocenters. The number of anilines is 1. The van der Waals surface area contributed by atoms with Crippen molar-refractivity contribution in [3.63, 3.8) is 0 Å². The van der Waals surface area contributed by atoms with Crippen molar-refractivity contribution >= 4 is 22.9 Å². The van der Waals surface area contributed by atoms with E-state index in [2.05, 4.69) is 22.0 Å². The van der Waals surface area contributed by atoms with Gasteiger partial charge in [0.1, 0.15) is 16.5 Å². The first-order valence-corrected chi connectivity index (χ1v) is 9.82. The molecule has 0 aliphatic carbocycles. The van der Waals surface area contributed by atoms with Gasteiger partial charge in [-0.15, -0.1) is 11.3 Å². The first-order valence-electron chi connectivity index (χ1n) is 8.94. The van der Waals surface area contributed by atoms with Gasteiger partial charge in [0.05, 0.1) is 7.11 Å². The van der Waals surface area contributed by atoms with Crippen LogP contribution in [0.2, 0.25) is 0 Å². The van der Waals surface area contributed by atoms with E-state index in [9.17, 15) is 4.79 Å². The summed E-state index contributed by atoms with van der Waals surface area (Å²) in [5, 5.41) is 2.70. The fourth-order valence-corrected chi connectivity index (χ4v) is 4.01. The van der Waals surface area contributed by atoms with Crippen molar-refractivity contribution in [2.45, 2.75) is 0 Å². The van der Waals surface area contributed by atoms with E-state index in [0.29, 0.717) is 18.8 Å². The van der Waals surface area contributed by atoms with Gasteiger partial charge in [-0.05, 0) is 36.4 Å². The van der Waals surface area contributed by atoms with Crippen molar-refractivity contribution in [3.05, 3.63) is 65.7 Å². The Labute approximate surface area is 162 Å². The maximum Gasteiger partial charge on any atom is 0.273 e. The molecule has 0 spiro atoms. The standard InChI is InChI=1S/C21H21N3O2S/c1-26-18-9-7-16(8-10-18)20-22-19(15-27-20)21(25)24-13-11-23(12-14-24)17-5-3-2-4-6-17/h2-10,15H,11-14H2,1H3. The van der Waals surface area contributed by atoms with Crippen LogP contribution < -0.4 is 9.64 Å². The van der Waals surface area contributed by atoms with Crippen LogP contribution in [0.3, 0.4) is 0 Å². The first-order chi connectivity index (χ1) is 13.2. The van der Waals surface area contributed by atoms with E-state index in [1.807, 2.05) is 52.7 Å². The van der Waals surface area contributed by atoms with Crippen molar-refractivity contribution in [2.24, 2.45) is 0 Å². The molecule has 1 aliphatic rings. The Morgan fingerprint density at radius 1 is 1.00 bits per heavy atom. The summed E-state index contributed by atoms with van der Waals surface area (Å²) in [6.45, 7) is 3.10. The molecule has 4 rings (SSSR count). The predicted molar refractivity (Wildman–Crippen MR) is 109 cm³/mol. The van der Waals surface area contributed by atoms with E-state index in [1.54, 1.807) is 7.11 Å². The van der Waals surface area contributed by atoms with E-state index in [0.717, 1.165) is 29.4 Å². The van der Waals surface area contributed by atoms with Gasteiger partial charge in [0.15, 0.2) is 0 Å². The number of ether oxygens (including phenoxy) is 1. The Bertz CT molecular complexity index is 901. The number of benzene rings is 2. The number of amides is 1. The minimum atomic E-state index is 0.0127. The molecule has 0 N–H and O–H groups in total. The molecule has 0 bridgehead atoms. The van der Waals surface area contributed by atoms with E-state index in [4.69, 9.17) is 4.74 Å². The number of methoxy groups -OCH3 is 1. The van der Waals surface area contributed by atoms with Crippen LogP contribution in [-0.4, -0.2) is 49.1 Å². The highest BCUT2D eigenvalue weighted by molar-refractivity contribution is 7.13. The highest BCUT2D eigenvalue weighted by Crippen LogP contribution is 2.26. The van der Waals surface area contributed by atoms with E-state index >= 15 is 0 Å². The molecular formula is C21H21N3O2S. The lowest BCUT2D eigenvalue weighted by Gasteiger charge is -2.35. The van der Waals surface area contributed by atoms with Gasteiger partial charge >= 0.3 is 0 Å². The molecule has 1 fully saturated rings. The third-order valence-corrected chi connectivity index (χ3v) is 5.64. The summed E-state index contributed by atoms with van der Waals surface area (Å²) in [6, 6.07) is 18.1. The van der Waals surface area contributed by atoms with Gasteiger partial charge in [-0.1, -0.05) is 18.2 Å². The van der Waals surface area contributed by atoms with Crippen LogP contribution in [0.15, 0.2) is 60.0 Å². The second-order valence-electron chi connectivity index (χ2n) is 6.38. The topological polar surface area (TPSA) is 45.7 Å². The van der Waals surface area contributed by atoms with Crippen LogP contribution in [0, 0.1) is 0 Å². The minimum absolute atomic E-state index is 0.0127. The van der Waals surface area contributed by atoms with Gasteiger partial charge in [0, 0.05) is 42.8 Å². The molecule has 1 saturated heterocycles. The van der Waals surface area contributed by atoms with Crippen LogP contribution in [-0.2, 0) is 0 Å². The quantitative estimate of drug-likeness (QED) is 0.692. The molecule has 1 aromatic heterocycles. The summed E-state index contributed by atoms with van der Waals surface area (Å²) in [5.74, 6) is 0.821. The Kier molecular flexibility index (Phi) is 5.07. The minimum Gasteiger partial charge on any atom is -0.497 e. The summed E-state index contributed by atoms with van der Waals surface area (Å²) in [7, 11) is 1.65. The number of thiazole rings is 1. The summed E-state index contributed by atoms with van der Waals surface area (Å²) in [4.78, 5) is 21.6. The second kappa shape index (κ2) is 7.80. The molecular weight excluding hydrogens is 358 g/mol. The largest absolute Gasteiger partial charge is 0.497 e. The van der Waals surface area contributed by atoms with Gasteiger partial charge in [-0.25, -0.2) is 4.98 Å². The SMILES string of the molecule is COc1ccc(-c2nc(C(=O)N3CCN(c4ccccc4)CC3)cs2)cc1. The first kappa shape index (κ1) is 17.5. The van der Waals surface area contributed by atoms with E-state index in [1.165, 1.54) is 17.0 Å². The average molecular weight is 379 g/mol. The zero-order chi connectivity index (χ0) is 18.6. The predicted octanol–water partition coefficient (Wildman–Crippen LogP) is 3.78. The molecule has 0 radical (unpaired) electrons. The summed E-state index contributed by atoms with van der Waals surface area (Å²) >= 11 is 1.50. The molecule has 5 nitrogen and oxygen atoms in total. The monoisotopic (exact) mass is 379 g/mol. The van der Waals surface area contributed by atoms with Crippen molar-refractivity contribution in [1.29, 1.82) is 0 Å². The molecule has 2 aromatic carbocycles. The molecule has 1 amide bonds. The summed E-state index contributed by atoms with van der Waals surface area (Å²) < 4.78 is 5.19. The molecule has 1 aliphatic heterocycles. The van der Waals surface area contributed by atoms with Crippen molar-refractivity contribution in [1.82, 2.24) is 9.88 Å². The number of rotatable bonds is 4. The molecule has 0 saturated carbocycles. The lowest BCUT2D eigenvalue weighted by atomic mass is 10.2. The number of nitrogens with zero attached hydrogens (tertiary/aromatic N) is 3. The van der Waals surface area contributed by atoms with E-state index in [-0.39, 0.29) is 5.91 Å². The molecule has 3 aromatic rings. The molecule has 2 heterocycles. The van der Waals surface area contributed by atoms with Crippen LogP contribution in [0.5, 0.6) is 5.75 Å². The number of carbonyl (C=O) groups excluding carboxylic acids is 1. The zero-order valence-electron chi connectivity index (χ0n) is 15.2. The van der Waals surface area contributed by atoms with Gasteiger partial charge in [0.2, 0.25) is 0 Å². The number of aromatic nitrogens is 1. The highest BCUT2D eigenvalue weighted by atomic mass is 32.1. The number of carbonyl (C=O) groups is 1. The smallest absolute Gasteiger partial charge is 0.273 e. The Hall–Kier alpha value is -2.86. The third kappa shape index (κ3) is 3.80. The fraction of sp³-hybridized carbons (Fsp3) is 0.238. The van der Waals surface area contributed by atoms with Crippen LogP contribution in [0.1, 0.15) is 10.5 Å². The normalized spacial score (nSPS) is 14.3. The number of piperazine rings is 1. The third-order valence-electron chi connectivity index (χ3n) is 4.75. The van der Waals surface area contributed by atoms with Gasteiger partial charge in [-0.2, -0.15) is 0 Å². The Balaban J connectivity index is 1.41. The molecule has 6 heteroatoms. The van der Waals surface area contributed by atoms with Crippen molar-refractivity contribution in [2.75, 3.05) is 38.2 Å². The van der Waals surface area contributed by atoms with Gasteiger partial charge in [-0.3, -0.25) is 4.79 Å². The van der Waals surface area contributed by atoms with Crippen molar-refractivity contribution in [3.8, 4) is 16.3 Å². The summed E-state index contributed by atoms with van der Waals surface area (Å²) in [6.07, 6.45) is 0. The number of hydrogen-bond acceptors (Lipinski definition) is 5. The maximum absolute atomic E-state index is 12.8. The maximum atomic E-state index is 12.8. The average Bonchev–Trinajstić information content (AvgIpc) is 3.24. The lowest BCUT2D eigenvalue weighted by Crippen LogP contribution is -2.48. The van der Waals surface area contributed by atoms with Crippen LogP contribution >= 0.6 is 11.3 Å². The van der Waals surface area contributed by atoms with E-state index < -0.39 is 0 Å². The number of hydrogen-bond donors (Lipinski definition) is 0. The fourth-order valence-electron chi connectivity index (χ4n) is 3.21. The molecule has 27 heavy (non-hydrogen) atoms. The zero-order valence-corrected chi connectivity index (χ0v) is 16.0. The van der Waals surface area contributed by atoms with Gasteiger partial charge in [0.25, 0.3) is 5.91 Å². The van der Waals surface area contributed by atoms with Crippen molar-refractivity contribution < 1.29 is 9.53 Å². The molecule has 0 atom stereocenters. The lowest BCUT2D eigenvalue weighted by molar-refractivity contribution is 0.0742. The Morgan fingerprint density at radius 3 is 2.37 bits per heavy atom. The summed E-state index contributed by atoms with van der Waals surface area (Å²) in [5.41, 5.74) is 2.73. The van der Waals surface area contributed by atoms with Crippen LogP contribution in [0.4, 0.5) is 5.69 Å².